The Morgan fingerprint density at radius 3 is 2.52 bits per heavy atom. The molecule has 116 valence electrons. The maximum absolute atomic E-state index is 11.4. The van der Waals surface area contributed by atoms with E-state index in [1.807, 2.05) is 54.6 Å². The fourth-order valence-corrected chi connectivity index (χ4v) is 2.20. The van der Waals surface area contributed by atoms with E-state index in [4.69, 9.17) is 4.74 Å². The molecule has 0 aliphatic carbocycles. The third kappa shape index (κ3) is 3.58. The minimum Gasteiger partial charge on any atom is -0.489 e. The summed E-state index contributed by atoms with van der Waals surface area (Å²) in [4.78, 5) is 11.4. The largest absolute Gasteiger partial charge is 0.489 e. The molecule has 0 unspecified atom stereocenters. The Morgan fingerprint density at radius 1 is 1.09 bits per heavy atom. The van der Waals surface area contributed by atoms with Crippen LogP contribution in [-0.2, 0) is 11.3 Å². The molecule has 3 aromatic rings. The van der Waals surface area contributed by atoms with E-state index in [0.717, 1.165) is 22.6 Å². The Balaban J connectivity index is 1.67. The molecule has 0 amide bonds. The van der Waals surface area contributed by atoms with Crippen LogP contribution in [0.3, 0.4) is 0 Å². The predicted molar refractivity (Wildman–Crippen MR) is 84.9 cm³/mol. The molecule has 0 bridgehead atoms. The molecule has 0 spiro atoms. The van der Waals surface area contributed by atoms with E-state index in [-0.39, 0.29) is 0 Å². The van der Waals surface area contributed by atoms with Crippen LogP contribution < -0.4 is 9.84 Å². The molecule has 1 heterocycles. The van der Waals surface area contributed by atoms with Gasteiger partial charge in [-0.3, -0.25) is 0 Å². The number of hydrogen-bond acceptors (Lipinski definition) is 3. The second-order valence-corrected chi connectivity index (χ2v) is 5.01. The lowest BCUT2D eigenvalue weighted by Gasteiger charge is -2.06. The molecule has 0 radical (unpaired) electrons. The molecule has 5 heteroatoms. The summed E-state index contributed by atoms with van der Waals surface area (Å²) >= 11 is 0. The minimum absolute atomic E-state index is 0.381. The van der Waals surface area contributed by atoms with Crippen molar-refractivity contribution in [2.75, 3.05) is 7.11 Å². The molecule has 0 aliphatic rings. The zero-order valence-electron chi connectivity index (χ0n) is 12.7. The maximum atomic E-state index is 11.4. The molecule has 0 aliphatic heterocycles. The van der Waals surface area contributed by atoms with E-state index in [0.29, 0.717) is 12.3 Å². The van der Waals surface area contributed by atoms with E-state index in [9.17, 15) is 4.79 Å². The van der Waals surface area contributed by atoms with Gasteiger partial charge in [-0.25, -0.2) is 4.79 Å². The number of esters is 1. The normalized spacial score (nSPS) is 10.3. The molecule has 0 saturated carbocycles. The molecular formula is C18H17N2O3+. The second-order valence-electron chi connectivity index (χ2n) is 5.01. The van der Waals surface area contributed by atoms with E-state index in [1.165, 1.54) is 7.11 Å². The average Bonchev–Trinajstić information content (AvgIpc) is 3.11. The number of aromatic nitrogens is 2. The number of rotatable bonds is 5. The Kier molecular flexibility index (Phi) is 4.38. The molecule has 0 saturated heterocycles. The van der Waals surface area contributed by atoms with Gasteiger partial charge in [-0.05, 0) is 29.8 Å². The summed E-state index contributed by atoms with van der Waals surface area (Å²) in [5.41, 5.74) is 3.26. The predicted octanol–water partition coefficient (Wildman–Crippen LogP) is 2.86. The third-order valence-electron chi connectivity index (χ3n) is 3.44. The van der Waals surface area contributed by atoms with Gasteiger partial charge < -0.3 is 9.47 Å². The van der Waals surface area contributed by atoms with Crippen LogP contribution in [0.25, 0.3) is 11.3 Å². The van der Waals surface area contributed by atoms with Gasteiger partial charge in [0.1, 0.15) is 12.4 Å². The van der Waals surface area contributed by atoms with Crippen LogP contribution in [0.1, 0.15) is 16.1 Å². The Hall–Kier alpha value is -3.08. The lowest BCUT2D eigenvalue weighted by atomic mass is 10.1. The number of hydrogen-bond donors (Lipinski definition) is 1. The first-order chi connectivity index (χ1) is 11.3. The highest BCUT2D eigenvalue weighted by Crippen LogP contribution is 2.20. The first kappa shape index (κ1) is 14.8. The zero-order chi connectivity index (χ0) is 16.1. The van der Waals surface area contributed by atoms with Crippen molar-refractivity contribution in [1.82, 2.24) is 5.10 Å². The van der Waals surface area contributed by atoms with Gasteiger partial charge in [0.25, 0.3) is 0 Å². The summed E-state index contributed by atoms with van der Waals surface area (Å²) in [6.45, 7) is 0.531. The van der Waals surface area contributed by atoms with Crippen molar-refractivity contribution in [1.29, 1.82) is 0 Å². The van der Waals surface area contributed by atoms with Crippen LogP contribution in [0.15, 0.2) is 60.7 Å². The van der Waals surface area contributed by atoms with Crippen molar-refractivity contribution in [2.24, 2.45) is 0 Å². The number of aromatic amines is 2. The van der Waals surface area contributed by atoms with E-state index < -0.39 is 5.97 Å². The number of methoxy groups -OCH3 is 1. The van der Waals surface area contributed by atoms with Crippen LogP contribution in [0.2, 0.25) is 0 Å². The quantitative estimate of drug-likeness (QED) is 0.737. The first-order valence-corrected chi connectivity index (χ1v) is 7.22. The van der Waals surface area contributed by atoms with Gasteiger partial charge in [0, 0.05) is 11.6 Å². The molecule has 2 N–H and O–H groups in total. The number of carbonyl (C=O) groups excluding carboxylic acids is 1. The van der Waals surface area contributed by atoms with Gasteiger partial charge in [-0.2, -0.15) is 5.10 Å². The van der Waals surface area contributed by atoms with Gasteiger partial charge in [0.05, 0.1) is 7.11 Å². The van der Waals surface area contributed by atoms with Crippen molar-refractivity contribution in [3.05, 3.63) is 71.9 Å². The maximum Gasteiger partial charge on any atom is 0.360 e. The molecule has 5 nitrogen and oxygen atoms in total. The standard InChI is InChI=1S/C18H16N2O3/c1-22-18(21)17-11-16(19-20-17)14-7-9-15(10-8-14)23-12-13-5-3-2-4-6-13/h2-11H,12H2,1H3,(H,19,20)/p+1. The second kappa shape index (κ2) is 6.79. The highest BCUT2D eigenvalue weighted by molar-refractivity contribution is 5.87. The van der Waals surface area contributed by atoms with Crippen molar-refractivity contribution in [3.8, 4) is 17.0 Å². The third-order valence-corrected chi connectivity index (χ3v) is 3.44. The summed E-state index contributed by atoms with van der Waals surface area (Å²) in [6, 6.07) is 19.4. The van der Waals surface area contributed by atoms with Crippen LogP contribution in [-0.4, -0.2) is 18.2 Å². The summed E-state index contributed by atoms with van der Waals surface area (Å²) in [5, 5.41) is 5.73. The number of carbonyl (C=O) groups is 1. The molecule has 0 fully saturated rings. The molecule has 0 atom stereocenters. The molecule has 23 heavy (non-hydrogen) atoms. The van der Waals surface area contributed by atoms with Crippen LogP contribution in [0, 0.1) is 0 Å². The number of H-pyrrole nitrogens is 2. The lowest BCUT2D eigenvalue weighted by molar-refractivity contribution is -0.437. The topological polar surface area (TPSA) is 65.5 Å². The monoisotopic (exact) mass is 309 g/mol. The Morgan fingerprint density at radius 2 is 1.83 bits per heavy atom. The van der Waals surface area contributed by atoms with Gasteiger partial charge in [0.15, 0.2) is 5.69 Å². The molecular weight excluding hydrogens is 292 g/mol. The number of ether oxygens (including phenoxy) is 2. The minimum atomic E-state index is -0.407. The van der Waals surface area contributed by atoms with Gasteiger partial charge in [-0.15, -0.1) is 5.10 Å². The summed E-state index contributed by atoms with van der Waals surface area (Å²) in [6.07, 6.45) is 0. The molecule has 2 aromatic carbocycles. The van der Waals surface area contributed by atoms with Gasteiger partial charge in [-0.1, -0.05) is 30.3 Å². The van der Waals surface area contributed by atoms with E-state index in [1.54, 1.807) is 6.07 Å². The zero-order valence-corrected chi connectivity index (χ0v) is 12.7. The fourth-order valence-electron chi connectivity index (χ4n) is 2.20. The Bertz CT molecular complexity index is 780. The van der Waals surface area contributed by atoms with Gasteiger partial charge in [0.2, 0.25) is 5.69 Å². The van der Waals surface area contributed by atoms with Crippen molar-refractivity contribution < 1.29 is 19.4 Å². The van der Waals surface area contributed by atoms with E-state index in [2.05, 4.69) is 14.9 Å². The van der Waals surface area contributed by atoms with Crippen molar-refractivity contribution in [2.45, 2.75) is 6.61 Å². The first-order valence-electron chi connectivity index (χ1n) is 7.22. The number of nitrogens with one attached hydrogen (secondary N) is 2. The van der Waals surface area contributed by atoms with Crippen LogP contribution >= 0.6 is 0 Å². The van der Waals surface area contributed by atoms with Crippen LogP contribution in [0.4, 0.5) is 0 Å². The molecule has 1 aromatic heterocycles. The Labute approximate surface area is 133 Å². The highest BCUT2D eigenvalue weighted by atomic mass is 16.5. The SMILES string of the molecule is COC(=O)c1cc(-c2ccc(OCc3ccccc3)cc2)[nH+][nH]1. The average molecular weight is 309 g/mol. The smallest absolute Gasteiger partial charge is 0.360 e. The summed E-state index contributed by atoms with van der Waals surface area (Å²) < 4.78 is 10.4. The van der Waals surface area contributed by atoms with E-state index >= 15 is 0 Å². The van der Waals surface area contributed by atoms with Crippen LogP contribution in [0.5, 0.6) is 5.75 Å². The fraction of sp³-hybridized carbons (Fsp3) is 0.111. The lowest BCUT2D eigenvalue weighted by Crippen LogP contribution is -2.08. The summed E-state index contributed by atoms with van der Waals surface area (Å²) in [7, 11) is 1.35. The summed E-state index contributed by atoms with van der Waals surface area (Å²) in [5.74, 6) is 0.386. The molecule has 3 rings (SSSR count). The number of benzene rings is 2. The van der Waals surface area contributed by atoms with Gasteiger partial charge >= 0.3 is 5.97 Å². The van der Waals surface area contributed by atoms with Crippen molar-refractivity contribution >= 4 is 5.97 Å². The highest BCUT2D eigenvalue weighted by Gasteiger charge is 2.15. The van der Waals surface area contributed by atoms with Crippen molar-refractivity contribution in [3.63, 3.8) is 0 Å².